The first-order valence-corrected chi connectivity index (χ1v) is 14.4. The van der Waals surface area contributed by atoms with Gasteiger partial charge in [0.1, 0.15) is 5.52 Å². The summed E-state index contributed by atoms with van der Waals surface area (Å²) in [6.07, 6.45) is 5.55. The van der Waals surface area contributed by atoms with Crippen molar-refractivity contribution in [3.05, 3.63) is 57.8 Å². The molecule has 0 amide bonds. The normalized spacial score (nSPS) is 14.5. The Morgan fingerprint density at radius 1 is 1.13 bits per heavy atom. The monoisotopic (exact) mass is 534 g/mol. The van der Waals surface area contributed by atoms with Crippen LogP contribution < -0.4 is 16.6 Å². The summed E-state index contributed by atoms with van der Waals surface area (Å²) in [5.41, 5.74) is 9.66. The molecule has 3 aromatic heterocycles. The van der Waals surface area contributed by atoms with Crippen LogP contribution in [0.4, 0.5) is 11.8 Å². The zero-order chi connectivity index (χ0) is 27.2. The number of hydrogen-bond acceptors (Lipinski definition) is 10. The number of nitrogen functional groups attached to an aromatic ring is 1. The highest BCUT2D eigenvalue weighted by Crippen LogP contribution is 2.43. The maximum absolute atomic E-state index is 13.6. The highest BCUT2D eigenvalue weighted by molar-refractivity contribution is 7.90. The third-order valence-corrected chi connectivity index (χ3v) is 7.93. The van der Waals surface area contributed by atoms with Gasteiger partial charge in [-0.3, -0.25) is 9.36 Å². The van der Waals surface area contributed by atoms with E-state index < -0.39 is 9.84 Å². The molecule has 0 radical (unpaired) electrons. The molecule has 1 atom stereocenters. The predicted molar refractivity (Wildman–Crippen MR) is 146 cm³/mol. The quantitative estimate of drug-likeness (QED) is 0.343. The van der Waals surface area contributed by atoms with Crippen LogP contribution in [0.1, 0.15) is 62.0 Å². The molecule has 1 unspecified atom stereocenters. The number of sulfone groups is 1. The second-order valence-electron chi connectivity index (χ2n) is 9.77. The van der Waals surface area contributed by atoms with Crippen molar-refractivity contribution >= 4 is 32.8 Å². The maximum Gasteiger partial charge on any atom is 0.295 e. The van der Waals surface area contributed by atoms with Gasteiger partial charge < -0.3 is 11.1 Å². The summed E-state index contributed by atoms with van der Waals surface area (Å²) in [4.78, 5) is 36.6. The van der Waals surface area contributed by atoms with Gasteiger partial charge in [-0.05, 0) is 50.8 Å². The summed E-state index contributed by atoms with van der Waals surface area (Å²) < 4.78 is 25.1. The third-order valence-electron chi connectivity index (χ3n) is 6.80. The highest BCUT2D eigenvalue weighted by atomic mass is 32.2. The molecule has 1 aliphatic rings. The first-order valence-electron chi connectivity index (χ1n) is 12.5. The van der Waals surface area contributed by atoms with Crippen LogP contribution in [0, 0.1) is 6.92 Å². The minimum atomic E-state index is -3.28. The number of fused-ring (bicyclic) bond motifs is 1. The van der Waals surface area contributed by atoms with Gasteiger partial charge in [0.05, 0.1) is 28.0 Å². The van der Waals surface area contributed by atoms with E-state index in [1.165, 1.54) is 6.26 Å². The number of nitrogens with zero attached hydrogens (tertiary/aromatic N) is 6. The predicted octanol–water partition coefficient (Wildman–Crippen LogP) is 3.40. The number of nitrogens with one attached hydrogen (secondary N) is 1. The van der Waals surface area contributed by atoms with Gasteiger partial charge in [-0.25, -0.2) is 33.3 Å². The van der Waals surface area contributed by atoms with E-state index in [2.05, 4.69) is 25.3 Å². The molecule has 0 bridgehead atoms. The highest BCUT2D eigenvalue weighted by Gasteiger charge is 2.31. The van der Waals surface area contributed by atoms with Crippen molar-refractivity contribution in [2.24, 2.45) is 0 Å². The van der Waals surface area contributed by atoms with Gasteiger partial charge >= 0.3 is 0 Å². The van der Waals surface area contributed by atoms with E-state index in [0.717, 1.165) is 29.7 Å². The molecule has 198 valence electrons. The van der Waals surface area contributed by atoms with Crippen molar-refractivity contribution < 1.29 is 8.42 Å². The minimum absolute atomic E-state index is 0.142. The molecular weight excluding hydrogens is 504 g/mol. The second-order valence-corrected chi connectivity index (χ2v) is 11.8. The van der Waals surface area contributed by atoms with Gasteiger partial charge in [0.25, 0.3) is 5.56 Å². The zero-order valence-electron chi connectivity index (χ0n) is 21.8. The van der Waals surface area contributed by atoms with Crippen molar-refractivity contribution in [2.75, 3.05) is 17.3 Å². The van der Waals surface area contributed by atoms with Gasteiger partial charge in [0, 0.05) is 24.8 Å². The largest absolute Gasteiger partial charge is 0.368 e. The average molecular weight is 535 g/mol. The molecule has 0 saturated heterocycles. The van der Waals surface area contributed by atoms with Crippen LogP contribution in [0.2, 0.25) is 0 Å². The lowest BCUT2D eigenvalue weighted by Crippen LogP contribution is -2.28. The molecule has 1 aromatic carbocycles. The van der Waals surface area contributed by atoms with Crippen molar-refractivity contribution in [3.63, 3.8) is 0 Å². The summed E-state index contributed by atoms with van der Waals surface area (Å²) in [5.74, 6) is 1.16. The molecule has 4 aromatic rings. The van der Waals surface area contributed by atoms with E-state index in [0.29, 0.717) is 41.6 Å². The Hall–Kier alpha value is -3.93. The zero-order valence-corrected chi connectivity index (χ0v) is 22.6. The van der Waals surface area contributed by atoms with E-state index in [4.69, 9.17) is 10.7 Å². The Balaban J connectivity index is 1.56. The second kappa shape index (κ2) is 9.75. The molecule has 1 saturated carbocycles. The summed E-state index contributed by atoms with van der Waals surface area (Å²) in [6, 6.07) is 6.37. The van der Waals surface area contributed by atoms with Crippen LogP contribution in [0.3, 0.4) is 0 Å². The average Bonchev–Trinajstić information content (AvgIpc) is 3.72. The first kappa shape index (κ1) is 25.7. The van der Waals surface area contributed by atoms with Crippen molar-refractivity contribution in [1.29, 1.82) is 0 Å². The van der Waals surface area contributed by atoms with Crippen molar-refractivity contribution in [2.45, 2.75) is 63.4 Å². The number of rotatable bonds is 8. The van der Waals surface area contributed by atoms with Gasteiger partial charge in [-0.1, -0.05) is 19.1 Å². The van der Waals surface area contributed by atoms with Crippen molar-refractivity contribution in [3.8, 4) is 11.4 Å². The van der Waals surface area contributed by atoms with Crippen LogP contribution in [0.5, 0.6) is 0 Å². The van der Waals surface area contributed by atoms with Gasteiger partial charge in [0.2, 0.25) is 5.95 Å². The van der Waals surface area contributed by atoms with Crippen LogP contribution in [-0.2, 0) is 16.4 Å². The number of anilines is 2. The number of hydrogen-bond donors (Lipinski definition) is 2. The molecule has 3 N–H and O–H groups in total. The summed E-state index contributed by atoms with van der Waals surface area (Å²) in [6.45, 7) is 6.13. The number of aromatic nitrogens is 6. The first-order chi connectivity index (χ1) is 18.1. The number of nitrogens with two attached hydrogens (primary N) is 1. The Morgan fingerprint density at radius 2 is 1.84 bits per heavy atom. The maximum atomic E-state index is 13.6. The SMILES string of the molecule is CCC(C)n1c(=O)c(NCc2ccc(S(C)(=O)=O)cc2)nc2cnc(-c3c(C)nc(N)nc3C3CC3)nc21. The number of aryl methyl sites for hydroxylation is 1. The van der Waals surface area contributed by atoms with Gasteiger partial charge in [0.15, 0.2) is 27.1 Å². The Labute approximate surface area is 220 Å². The van der Waals surface area contributed by atoms with Gasteiger partial charge in [-0.2, -0.15) is 0 Å². The van der Waals surface area contributed by atoms with Crippen LogP contribution in [0.25, 0.3) is 22.6 Å². The molecule has 38 heavy (non-hydrogen) atoms. The summed E-state index contributed by atoms with van der Waals surface area (Å²) in [5, 5.41) is 3.11. The summed E-state index contributed by atoms with van der Waals surface area (Å²) >= 11 is 0. The van der Waals surface area contributed by atoms with E-state index in [1.807, 2.05) is 20.8 Å². The topological polar surface area (TPSA) is 159 Å². The molecule has 3 heterocycles. The lowest BCUT2D eigenvalue weighted by atomic mass is 10.1. The molecular formula is C26H30N8O3S. The molecule has 11 nitrogen and oxygen atoms in total. The van der Waals surface area contributed by atoms with Crippen LogP contribution in [0.15, 0.2) is 40.2 Å². The standard InChI is InChI=1S/C26H30N8O3S/c1-5-14(2)34-24-19(13-29-22(33-24)20-15(3)30-26(27)32-21(20)17-8-9-17)31-23(25(34)35)28-12-16-6-10-18(11-7-16)38(4,36)37/h6-7,10-11,13-14,17H,5,8-9,12H2,1-4H3,(H,28,31)(H2,27,30,32). The van der Waals surface area contributed by atoms with E-state index in [9.17, 15) is 13.2 Å². The van der Waals surface area contributed by atoms with E-state index in [1.54, 1.807) is 35.0 Å². The van der Waals surface area contributed by atoms with Gasteiger partial charge in [-0.15, -0.1) is 0 Å². The van der Waals surface area contributed by atoms with Crippen molar-refractivity contribution in [1.82, 2.24) is 29.5 Å². The molecule has 5 rings (SSSR count). The Bertz CT molecular complexity index is 1700. The fourth-order valence-corrected chi connectivity index (χ4v) is 5.04. The Morgan fingerprint density at radius 3 is 2.47 bits per heavy atom. The van der Waals surface area contributed by atoms with E-state index in [-0.39, 0.29) is 28.3 Å². The molecule has 0 spiro atoms. The van der Waals surface area contributed by atoms with Crippen LogP contribution >= 0.6 is 0 Å². The fourth-order valence-electron chi connectivity index (χ4n) is 4.41. The summed E-state index contributed by atoms with van der Waals surface area (Å²) in [7, 11) is -3.28. The third kappa shape index (κ3) is 4.95. The molecule has 12 heteroatoms. The minimum Gasteiger partial charge on any atom is -0.368 e. The van der Waals surface area contributed by atoms with Crippen LogP contribution in [-0.4, -0.2) is 44.2 Å². The van der Waals surface area contributed by atoms with E-state index >= 15 is 0 Å². The smallest absolute Gasteiger partial charge is 0.295 e. The molecule has 0 aliphatic heterocycles. The fraction of sp³-hybridized carbons (Fsp3) is 0.385. The number of benzene rings is 1. The molecule has 1 aliphatic carbocycles. The lowest BCUT2D eigenvalue weighted by Gasteiger charge is -2.18. The lowest BCUT2D eigenvalue weighted by molar-refractivity contribution is 0.526. The molecule has 1 fully saturated rings. The Kier molecular flexibility index (Phi) is 6.59.